The van der Waals surface area contributed by atoms with Crippen molar-refractivity contribution in [3.05, 3.63) is 0 Å². The number of nitrogens with two attached hydrogens (primary N) is 1. The van der Waals surface area contributed by atoms with Gasteiger partial charge >= 0.3 is 0 Å². The summed E-state index contributed by atoms with van der Waals surface area (Å²) >= 11 is 0. The number of carbonyl (C=O) groups is 1. The van der Waals surface area contributed by atoms with Crippen LogP contribution in [-0.2, 0) is 4.79 Å². The second kappa shape index (κ2) is 6.74. The van der Waals surface area contributed by atoms with E-state index in [1.165, 1.54) is 38.5 Å². The van der Waals surface area contributed by atoms with Gasteiger partial charge in [0, 0.05) is 19.6 Å². The second-order valence-electron chi connectivity index (χ2n) is 6.81. The first-order valence-corrected chi connectivity index (χ1v) is 8.10. The summed E-state index contributed by atoms with van der Waals surface area (Å²) in [6.45, 7) is 3.13. The summed E-state index contributed by atoms with van der Waals surface area (Å²) in [7, 11) is 1.98. The van der Waals surface area contributed by atoms with Crippen LogP contribution in [0.5, 0.6) is 0 Å². The SMILES string of the molecule is CC1CCCC(C(=O)N(C)CC2CCCCC2)C1N. The van der Waals surface area contributed by atoms with Crippen molar-refractivity contribution in [3.8, 4) is 0 Å². The van der Waals surface area contributed by atoms with E-state index < -0.39 is 0 Å². The van der Waals surface area contributed by atoms with Crippen LogP contribution < -0.4 is 5.73 Å². The third-order valence-corrected chi connectivity index (χ3v) is 5.25. The number of hydrogen-bond donors (Lipinski definition) is 1. The van der Waals surface area contributed by atoms with Crippen molar-refractivity contribution in [3.63, 3.8) is 0 Å². The van der Waals surface area contributed by atoms with Gasteiger partial charge in [0.25, 0.3) is 0 Å². The first-order chi connectivity index (χ1) is 9.09. The zero-order chi connectivity index (χ0) is 13.8. The largest absolute Gasteiger partial charge is 0.345 e. The summed E-state index contributed by atoms with van der Waals surface area (Å²) in [5.41, 5.74) is 6.25. The normalized spacial score (nSPS) is 33.1. The highest BCUT2D eigenvalue weighted by Gasteiger charge is 2.34. The summed E-state index contributed by atoms with van der Waals surface area (Å²) < 4.78 is 0. The minimum Gasteiger partial charge on any atom is -0.345 e. The van der Waals surface area contributed by atoms with Crippen molar-refractivity contribution in [2.75, 3.05) is 13.6 Å². The molecule has 2 N–H and O–H groups in total. The van der Waals surface area contributed by atoms with Crippen molar-refractivity contribution in [2.45, 2.75) is 64.3 Å². The van der Waals surface area contributed by atoms with Crippen LogP contribution in [-0.4, -0.2) is 30.4 Å². The molecule has 0 spiro atoms. The maximum absolute atomic E-state index is 12.6. The topological polar surface area (TPSA) is 46.3 Å². The molecule has 2 rings (SSSR count). The molecular formula is C16H30N2O. The number of carbonyl (C=O) groups excluding carboxylic acids is 1. The van der Waals surface area contributed by atoms with Crippen molar-refractivity contribution in [1.29, 1.82) is 0 Å². The van der Waals surface area contributed by atoms with Crippen LogP contribution in [0.4, 0.5) is 0 Å². The van der Waals surface area contributed by atoms with Gasteiger partial charge in [-0.15, -0.1) is 0 Å². The van der Waals surface area contributed by atoms with E-state index in [0.717, 1.165) is 25.3 Å². The molecule has 3 heteroatoms. The molecular weight excluding hydrogens is 236 g/mol. The van der Waals surface area contributed by atoms with E-state index in [0.29, 0.717) is 11.8 Å². The van der Waals surface area contributed by atoms with E-state index in [9.17, 15) is 4.79 Å². The maximum Gasteiger partial charge on any atom is 0.227 e. The Morgan fingerprint density at radius 3 is 2.47 bits per heavy atom. The van der Waals surface area contributed by atoms with Crippen molar-refractivity contribution in [1.82, 2.24) is 4.90 Å². The monoisotopic (exact) mass is 266 g/mol. The zero-order valence-corrected chi connectivity index (χ0v) is 12.6. The van der Waals surface area contributed by atoms with Crippen LogP contribution in [0.3, 0.4) is 0 Å². The molecule has 2 saturated carbocycles. The van der Waals surface area contributed by atoms with Gasteiger partial charge in [0.05, 0.1) is 5.92 Å². The van der Waals surface area contributed by atoms with Crippen molar-refractivity contribution >= 4 is 5.91 Å². The smallest absolute Gasteiger partial charge is 0.227 e. The van der Waals surface area contributed by atoms with Crippen LogP contribution in [0, 0.1) is 17.8 Å². The van der Waals surface area contributed by atoms with Gasteiger partial charge in [-0.1, -0.05) is 32.6 Å². The van der Waals surface area contributed by atoms with Gasteiger partial charge in [-0.25, -0.2) is 0 Å². The third kappa shape index (κ3) is 3.71. The summed E-state index contributed by atoms with van der Waals surface area (Å²) in [4.78, 5) is 14.5. The lowest BCUT2D eigenvalue weighted by atomic mass is 9.77. The fraction of sp³-hybridized carbons (Fsp3) is 0.938. The number of rotatable bonds is 3. The van der Waals surface area contributed by atoms with Gasteiger partial charge in [-0.05, 0) is 37.5 Å². The van der Waals surface area contributed by atoms with Gasteiger partial charge in [-0.3, -0.25) is 4.79 Å². The highest BCUT2D eigenvalue weighted by molar-refractivity contribution is 5.79. The molecule has 2 aliphatic carbocycles. The molecule has 0 aliphatic heterocycles. The molecule has 2 fully saturated rings. The minimum atomic E-state index is 0.0649. The molecule has 0 bridgehead atoms. The Bertz CT molecular complexity index is 299. The standard InChI is InChI=1S/C16H30N2O/c1-12-7-6-10-14(15(12)17)16(19)18(2)11-13-8-4-3-5-9-13/h12-15H,3-11,17H2,1-2H3. The molecule has 0 saturated heterocycles. The predicted octanol–water partition coefficient (Wildman–Crippen LogP) is 2.79. The van der Waals surface area contributed by atoms with E-state index in [-0.39, 0.29) is 12.0 Å². The molecule has 0 heterocycles. The van der Waals surface area contributed by atoms with E-state index >= 15 is 0 Å². The number of hydrogen-bond acceptors (Lipinski definition) is 2. The van der Waals surface area contributed by atoms with Gasteiger partial charge in [-0.2, -0.15) is 0 Å². The lowest BCUT2D eigenvalue weighted by Crippen LogP contribution is -2.48. The van der Waals surface area contributed by atoms with E-state index in [4.69, 9.17) is 5.73 Å². The average molecular weight is 266 g/mol. The molecule has 0 aromatic carbocycles. The van der Waals surface area contributed by atoms with Gasteiger partial charge in [0.2, 0.25) is 5.91 Å². The van der Waals surface area contributed by atoms with Crippen LogP contribution in [0.15, 0.2) is 0 Å². The van der Waals surface area contributed by atoms with Crippen LogP contribution in [0.1, 0.15) is 58.3 Å². The second-order valence-corrected chi connectivity index (χ2v) is 6.81. The van der Waals surface area contributed by atoms with Gasteiger partial charge in [0.1, 0.15) is 0 Å². The Balaban J connectivity index is 1.86. The highest BCUT2D eigenvalue weighted by Crippen LogP contribution is 2.30. The predicted molar refractivity (Wildman–Crippen MR) is 78.7 cm³/mol. The van der Waals surface area contributed by atoms with Crippen molar-refractivity contribution < 1.29 is 4.79 Å². The summed E-state index contributed by atoms with van der Waals surface area (Å²) in [5.74, 6) is 1.58. The first kappa shape index (κ1) is 14.8. The Morgan fingerprint density at radius 1 is 1.11 bits per heavy atom. The lowest BCUT2D eigenvalue weighted by Gasteiger charge is -2.36. The molecule has 0 radical (unpaired) electrons. The van der Waals surface area contributed by atoms with E-state index in [1.54, 1.807) is 0 Å². The van der Waals surface area contributed by atoms with E-state index in [2.05, 4.69) is 6.92 Å². The molecule has 1 amide bonds. The molecule has 3 atom stereocenters. The quantitative estimate of drug-likeness (QED) is 0.854. The molecule has 3 unspecified atom stereocenters. The molecule has 2 aliphatic rings. The fourth-order valence-corrected chi connectivity index (χ4v) is 3.86. The number of nitrogens with zero attached hydrogens (tertiary/aromatic N) is 1. The van der Waals surface area contributed by atoms with Crippen LogP contribution >= 0.6 is 0 Å². The van der Waals surface area contributed by atoms with Crippen LogP contribution in [0.25, 0.3) is 0 Å². The Morgan fingerprint density at radius 2 is 1.79 bits per heavy atom. The zero-order valence-electron chi connectivity index (χ0n) is 12.6. The lowest BCUT2D eigenvalue weighted by molar-refractivity contribution is -0.137. The number of amides is 1. The molecule has 110 valence electrons. The molecule has 0 aromatic rings. The molecule has 0 aromatic heterocycles. The van der Waals surface area contributed by atoms with Gasteiger partial charge < -0.3 is 10.6 Å². The average Bonchev–Trinajstić information content (AvgIpc) is 2.42. The fourth-order valence-electron chi connectivity index (χ4n) is 3.86. The molecule has 19 heavy (non-hydrogen) atoms. The summed E-state index contributed by atoms with van der Waals surface area (Å²) in [6, 6.07) is 0.0649. The summed E-state index contributed by atoms with van der Waals surface area (Å²) in [6.07, 6.45) is 9.97. The minimum absolute atomic E-state index is 0.0649. The Kier molecular flexibility index (Phi) is 5.26. The van der Waals surface area contributed by atoms with Crippen molar-refractivity contribution in [2.24, 2.45) is 23.5 Å². The third-order valence-electron chi connectivity index (χ3n) is 5.25. The summed E-state index contributed by atoms with van der Waals surface area (Å²) in [5, 5.41) is 0. The Hall–Kier alpha value is -0.570. The van der Waals surface area contributed by atoms with Gasteiger partial charge in [0.15, 0.2) is 0 Å². The van der Waals surface area contributed by atoms with Crippen LogP contribution in [0.2, 0.25) is 0 Å². The first-order valence-electron chi connectivity index (χ1n) is 8.10. The Labute approximate surface area is 117 Å². The highest BCUT2D eigenvalue weighted by atomic mass is 16.2. The van der Waals surface area contributed by atoms with E-state index in [1.807, 2.05) is 11.9 Å². The maximum atomic E-state index is 12.6. The molecule has 3 nitrogen and oxygen atoms in total.